The molecule has 2 unspecified atom stereocenters. The average molecular weight is 294 g/mol. The highest BCUT2D eigenvalue weighted by Gasteiger charge is 2.21. The number of anilines is 2. The van der Waals surface area contributed by atoms with E-state index >= 15 is 0 Å². The fraction of sp³-hybridized carbons (Fsp3) is 0.647. The summed E-state index contributed by atoms with van der Waals surface area (Å²) in [4.78, 5) is 0. The van der Waals surface area contributed by atoms with Gasteiger partial charge in [-0.05, 0) is 32.1 Å². The predicted octanol–water partition coefficient (Wildman–Crippen LogP) is 4.43. The molecule has 3 N–H and O–H groups in total. The predicted molar refractivity (Wildman–Crippen MR) is 86.2 cm³/mol. The summed E-state index contributed by atoms with van der Waals surface area (Å²) in [6, 6.07) is 3.02. The van der Waals surface area contributed by atoms with Gasteiger partial charge >= 0.3 is 0 Å². The van der Waals surface area contributed by atoms with E-state index in [0.717, 1.165) is 18.2 Å². The molecular weight excluding hydrogens is 267 g/mol. The Labute approximate surface area is 127 Å². The van der Waals surface area contributed by atoms with Gasteiger partial charge in [0.25, 0.3) is 0 Å². The summed E-state index contributed by atoms with van der Waals surface area (Å²) in [5.74, 6) is 1.26. The summed E-state index contributed by atoms with van der Waals surface area (Å²) in [5, 5.41) is 3.38. The Morgan fingerprint density at radius 3 is 2.71 bits per heavy atom. The van der Waals surface area contributed by atoms with Crippen LogP contribution in [0.15, 0.2) is 12.1 Å². The molecule has 1 aliphatic rings. The standard InChI is InChI=1S/C17H27FN2O/c1-11(2)21-17-9-16(15(19)8-14(17)18)20-10-13-7-5-4-6-12(13)3/h8-9,11-13,20H,4-7,10,19H2,1-3H3. The normalized spacial score (nSPS) is 22.3. The highest BCUT2D eigenvalue weighted by atomic mass is 19.1. The van der Waals surface area contributed by atoms with Crippen LogP contribution in [0, 0.1) is 17.7 Å². The van der Waals surface area contributed by atoms with Crippen LogP contribution in [0.3, 0.4) is 0 Å². The molecule has 4 heteroatoms. The zero-order valence-corrected chi connectivity index (χ0v) is 13.3. The molecule has 21 heavy (non-hydrogen) atoms. The Morgan fingerprint density at radius 1 is 1.33 bits per heavy atom. The van der Waals surface area contributed by atoms with Crippen molar-refractivity contribution in [2.24, 2.45) is 11.8 Å². The summed E-state index contributed by atoms with van der Waals surface area (Å²) in [7, 11) is 0. The maximum absolute atomic E-state index is 13.8. The van der Waals surface area contributed by atoms with Crippen LogP contribution in [0.25, 0.3) is 0 Å². The first kappa shape index (κ1) is 15.9. The van der Waals surface area contributed by atoms with Crippen LogP contribution >= 0.6 is 0 Å². The molecule has 3 nitrogen and oxygen atoms in total. The molecule has 1 aromatic rings. The van der Waals surface area contributed by atoms with E-state index in [9.17, 15) is 4.39 Å². The van der Waals surface area contributed by atoms with Crippen molar-refractivity contribution in [3.8, 4) is 5.75 Å². The van der Waals surface area contributed by atoms with E-state index in [4.69, 9.17) is 10.5 Å². The number of hydrogen-bond donors (Lipinski definition) is 2. The lowest BCUT2D eigenvalue weighted by Gasteiger charge is -2.29. The Hall–Kier alpha value is -1.45. The second kappa shape index (κ2) is 7.01. The second-order valence-corrected chi connectivity index (χ2v) is 6.44. The second-order valence-electron chi connectivity index (χ2n) is 6.44. The number of nitrogen functional groups attached to an aromatic ring is 1. The van der Waals surface area contributed by atoms with Gasteiger partial charge in [-0.1, -0.05) is 26.2 Å². The Bertz CT molecular complexity index is 476. The van der Waals surface area contributed by atoms with Crippen LogP contribution in [0.5, 0.6) is 5.75 Å². The van der Waals surface area contributed by atoms with E-state index in [-0.39, 0.29) is 11.9 Å². The molecule has 0 aliphatic heterocycles. The van der Waals surface area contributed by atoms with Crippen LogP contribution in [0.4, 0.5) is 15.8 Å². The van der Waals surface area contributed by atoms with Crippen LogP contribution in [0.1, 0.15) is 46.5 Å². The van der Waals surface area contributed by atoms with E-state index in [1.165, 1.54) is 31.7 Å². The number of nitrogens with two attached hydrogens (primary N) is 1. The zero-order valence-electron chi connectivity index (χ0n) is 13.3. The minimum absolute atomic E-state index is 0.0608. The number of nitrogens with one attached hydrogen (secondary N) is 1. The maximum atomic E-state index is 13.8. The first-order chi connectivity index (χ1) is 9.97. The van der Waals surface area contributed by atoms with Crippen molar-refractivity contribution in [3.05, 3.63) is 17.9 Å². The largest absolute Gasteiger partial charge is 0.488 e. The fourth-order valence-corrected chi connectivity index (χ4v) is 3.00. The molecule has 0 aromatic heterocycles. The van der Waals surface area contributed by atoms with E-state index < -0.39 is 5.82 Å². The SMILES string of the molecule is CC(C)Oc1cc(NCC2CCCCC2C)c(N)cc1F. The van der Waals surface area contributed by atoms with Gasteiger partial charge in [0.1, 0.15) is 0 Å². The lowest BCUT2D eigenvalue weighted by atomic mass is 9.80. The Kier molecular flexibility index (Phi) is 5.32. The van der Waals surface area contributed by atoms with Gasteiger partial charge in [-0.3, -0.25) is 0 Å². The molecule has 0 amide bonds. The molecule has 2 atom stereocenters. The third-order valence-electron chi connectivity index (χ3n) is 4.31. The van der Waals surface area contributed by atoms with Crippen molar-refractivity contribution in [3.63, 3.8) is 0 Å². The van der Waals surface area contributed by atoms with E-state index in [2.05, 4.69) is 12.2 Å². The number of benzene rings is 1. The van der Waals surface area contributed by atoms with Gasteiger partial charge in [0.05, 0.1) is 17.5 Å². The highest BCUT2D eigenvalue weighted by Crippen LogP contribution is 2.32. The number of hydrogen-bond acceptors (Lipinski definition) is 3. The Balaban J connectivity index is 2.04. The third kappa shape index (κ3) is 4.26. The van der Waals surface area contributed by atoms with Gasteiger partial charge < -0.3 is 15.8 Å². The molecule has 0 spiro atoms. The van der Waals surface area contributed by atoms with E-state index in [1.807, 2.05) is 13.8 Å². The van der Waals surface area contributed by atoms with Crippen molar-refractivity contribution in [1.82, 2.24) is 0 Å². The molecule has 0 bridgehead atoms. The summed E-state index contributed by atoms with van der Waals surface area (Å²) in [6.07, 6.45) is 5.13. The Morgan fingerprint density at radius 2 is 2.05 bits per heavy atom. The van der Waals surface area contributed by atoms with Crippen molar-refractivity contribution < 1.29 is 9.13 Å². The highest BCUT2D eigenvalue weighted by molar-refractivity contribution is 5.68. The van der Waals surface area contributed by atoms with Crippen LogP contribution in [-0.2, 0) is 0 Å². The minimum atomic E-state index is -0.405. The van der Waals surface area contributed by atoms with Crippen molar-refractivity contribution in [1.29, 1.82) is 0 Å². The molecule has 1 aromatic carbocycles. The summed E-state index contributed by atoms with van der Waals surface area (Å²) in [6.45, 7) is 6.96. The third-order valence-corrected chi connectivity index (χ3v) is 4.31. The first-order valence-electron chi connectivity index (χ1n) is 7.97. The molecule has 1 saturated carbocycles. The first-order valence-corrected chi connectivity index (χ1v) is 7.97. The molecule has 1 fully saturated rings. The summed E-state index contributed by atoms with van der Waals surface area (Å²) < 4.78 is 19.3. The van der Waals surface area contributed by atoms with E-state index in [0.29, 0.717) is 11.6 Å². The van der Waals surface area contributed by atoms with Gasteiger partial charge in [-0.2, -0.15) is 0 Å². The number of ether oxygens (including phenoxy) is 1. The smallest absolute Gasteiger partial charge is 0.167 e. The zero-order chi connectivity index (χ0) is 15.4. The van der Waals surface area contributed by atoms with Crippen LogP contribution in [-0.4, -0.2) is 12.6 Å². The fourth-order valence-electron chi connectivity index (χ4n) is 3.00. The van der Waals surface area contributed by atoms with Gasteiger partial charge in [-0.25, -0.2) is 4.39 Å². The number of rotatable bonds is 5. The molecule has 2 rings (SSSR count). The maximum Gasteiger partial charge on any atom is 0.167 e. The van der Waals surface area contributed by atoms with Crippen molar-refractivity contribution >= 4 is 11.4 Å². The number of halogens is 1. The lowest BCUT2D eigenvalue weighted by molar-refractivity contribution is 0.231. The van der Waals surface area contributed by atoms with Gasteiger partial charge in [0.2, 0.25) is 0 Å². The summed E-state index contributed by atoms with van der Waals surface area (Å²) >= 11 is 0. The monoisotopic (exact) mass is 294 g/mol. The van der Waals surface area contributed by atoms with Gasteiger partial charge in [0.15, 0.2) is 11.6 Å². The quantitative estimate of drug-likeness (QED) is 0.790. The van der Waals surface area contributed by atoms with Crippen molar-refractivity contribution in [2.45, 2.75) is 52.6 Å². The van der Waals surface area contributed by atoms with Crippen molar-refractivity contribution in [2.75, 3.05) is 17.6 Å². The molecule has 118 valence electrons. The van der Waals surface area contributed by atoms with Crippen LogP contribution < -0.4 is 15.8 Å². The van der Waals surface area contributed by atoms with Gasteiger partial charge in [0, 0.05) is 18.7 Å². The molecule has 1 aliphatic carbocycles. The molecule has 0 saturated heterocycles. The lowest BCUT2D eigenvalue weighted by Crippen LogP contribution is -2.24. The topological polar surface area (TPSA) is 47.3 Å². The average Bonchev–Trinajstić information content (AvgIpc) is 2.41. The van der Waals surface area contributed by atoms with Crippen LogP contribution in [0.2, 0.25) is 0 Å². The molecule has 0 radical (unpaired) electrons. The molecular formula is C17H27FN2O. The minimum Gasteiger partial charge on any atom is -0.488 e. The molecule has 0 heterocycles. The van der Waals surface area contributed by atoms with Gasteiger partial charge in [-0.15, -0.1) is 0 Å². The summed E-state index contributed by atoms with van der Waals surface area (Å²) in [5.41, 5.74) is 7.12. The van der Waals surface area contributed by atoms with E-state index in [1.54, 1.807) is 6.07 Å².